The number of nitrogens with zero attached hydrogens (tertiary/aromatic N) is 1. The molecule has 2 aliphatic rings. The molecule has 12 heteroatoms. The normalized spacial score (nSPS) is 22.8. The number of hydrogen-bond donors (Lipinski definition) is 2. The smallest absolute Gasteiger partial charge is 0.329 e. The number of esters is 1. The van der Waals surface area contributed by atoms with Crippen LogP contribution in [0.3, 0.4) is 0 Å². The minimum atomic E-state index is -2.16. The molecular formula is C48H58N2O10. The molecule has 60 heavy (non-hydrogen) atoms. The average molecular weight is 823 g/mol. The van der Waals surface area contributed by atoms with E-state index < -0.39 is 72.1 Å². The molecule has 2 heterocycles. The van der Waals surface area contributed by atoms with Crippen LogP contribution in [0.25, 0.3) is 0 Å². The Morgan fingerprint density at radius 2 is 1.15 bits per heavy atom. The Morgan fingerprint density at radius 3 is 1.65 bits per heavy atom. The standard InChI is InChI=1S/C48H58N2O10/c1-47(2,3)60-45(52)38-26-17-27-50(38)46(53)48(4,54)28-40(51)49-44-43(58-32-37-24-15-8-16-25-37)42(57-31-36-22-13-7-14-23-36)41(56-30-35-20-11-6-12-21-35)39(59-44)33-55-29-34-18-9-5-10-19-34/h5-16,18-25,38-39,41-44,54H,17,26-33H2,1-4H3,(H,49,51)/t38-,39+,41+,42-,43+,44+,48-/m0/s1. The van der Waals surface area contributed by atoms with Gasteiger partial charge in [-0.25, -0.2) is 4.79 Å². The van der Waals surface area contributed by atoms with Gasteiger partial charge in [0.15, 0.2) is 6.23 Å². The maximum atomic E-state index is 14.1. The van der Waals surface area contributed by atoms with Crippen molar-refractivity contribution in [1.82, 2.24) is 10.2 Å². The van der Waals surface area contributed by atoms with Crippen molar-refractivity contribution < 1.29 is 47.9 Å². The van der Waals surface area contributed by atoms with Crippen LogP contribution in [0.5, 0.6) is 0 Å². The number of amides is 2. The van der Waals surface area contributed by atoms with Crippen LogP contribution in [0.2, 0.25) is 0 Å². The first kappa shape index (κ1) is 44.6. The van der Waals surface area contributed by atoms with Crippen molar-refractivity contribution in [3.63, 3.8) is 0 Å². The van der Waals surface area contributed by atoms with E-state index in [0.717, 1.165) is 22.3 Å². The third-order valence-corrected chi connectivity index (χ3v) is 10.3. The Morgan fingerprint density at radius 1 is 0.683 bits per heavy atom. The first-order valence-electron chi connectivity index (χ1n) is 20.7. The van der Waals surface area contributed by atoms with E-state index in [2.05, 4.69) is 5.32 Å². The highest BCUT2D eigenvalue weighted by Gasteiger charge is 2.50. The molecule has 7 atom stereocenters. The van der Waals surface area contributed by atoms with Gasteiger partial charge in [0.1, 0.15) is 41.7 Å². The van der Waals surface area contributed by atoms with Crippen molar-refractivity contribution in [1.29, 1.82) is 0 Å². The van der Waals surface area contributed by atoms with E-state index in [0.29, 0.717) is 19.4 Å². The number of ether oxygens (including phenoxy) is 6. The molecule has 4 aromatic rings. The Kier molecular flexibility index (Phi) is 15.6. The van der Waals surface area contributed by atoms with Gasteiger partial charge in [0.2, 0.25) is 5.91 Å². The number of benzene rings is 4. The summed E-state index contributed by atoms with van der Waals surface area (Å²) >= 11 is 0. The summed E-state index contributed by atoms with van der Waals surface area (Å²) in [5.41, 5.74) is 0.810. The van der Waals surface area contributed by atoms with Gasteiger partial charge in [0, 0.05) is 6.54 Å². The average Bonchev–Trinajstić information content (AvgIpc) is 3.73. The SMILES string of the molecule is CC(C)(C)OC(=O)[C@@H]1CCCN1C(=O)[C@@](C)(O)CC(=O)N[C@@H]1O[C@H](COCc2ccccc2)[C@@H](OCc2ccccc2)[C@H](OCc2ccccc2)[C@H]1OCc1ccccc1. The summed E-state index contributed by atoms with van der Waals surface area (Å²) < 4.78 is 38.7. The largest absolute Gasteiger partial charge is 0.458 e. The molecule has 6 rings (SSSR count). The number of aliphatic hydroxyl groups is 1. The topological polar surface area (TPSA) is 142 Å². The van der Waals surface area contributed by atoms with Crippen LogP contribution in [0.15, 0.2) is 121 Å². The van der Waals surface area contributed by atoms with Crippen LogP contribution in [-0.2, 0) is 69.2 Å². The van der Waals surface area contributed by atoms with Gasteiger partial charge in [-0.3, -0.25) is 9.59 Å². The molecule has 0 unspecified atom stereocenters. The molecule has 0 radical (unpaired) electrons. The minimum absolute atomic E-state index is 0.0779. The van der Waals surface area contributed by atoms with Crippen LogP contribution in [0.4, 0.5) is 0 Å². The highest BCUT2D eigenvalue weighted by molar-refractivity contribution is 5.93. The summed E-state index contributed by atoms with van der Waals surface area (Å²) in [6.45, 7) is 7.78. The molecule has 2 aliphatic heterocycles. The summed E-state index contributed by atoms with van der Waals surface area (Å²) in [6, 6.07) is 38.0. The van der Waals surface area contributed by atoms with Gasteiger partial charge < -0.3 is 43.7 Å². The van der Waals surface area contributed by atoms with Gasteiger partial charge in [0.05, 0.1) is 39.5 Å². The van der Waals surface area contributed by atoms with E-state index in [1.165, 1.54) is 11.8 Å². The second kappa shape index (κ2) is 21.0. The molecule has 2 N–H and O–H groups in total. The van der Waals surface area contributed by atoms with E-state index in [4.69, 9.17) is 28.4 Å². The summed E-state index contributed by atoms with van der Waals surface area (Å²) in [5, 5.41) is 14.5. The van der Waals surface area contributed by atoms with Crippen molar-refractivity contribution >= 4 is 17.8 Å². The number of carbonyl (C=O) groups excluding carboxylic acids is 3. The van der Waals surface area contributed by atoms with Gasteiger partial charge in [0.25, 0.3) is 5.91 Å². The van der Waals surface area contributed by atoms with E-state index in [1.807, 2.05) is 121 Å². The fourth-order valence-corrected chi connectivity index (χ4v) is 7.44. The number of likely N-dealkylation sites (tertiary alicyclic amines) is 1. The highest BCUT2D eigenvalue weighted by Crippen LogP contribution is 2.31. The summed E-state index contributed by atoms with van der Waals surface area (Å²) in [4.78, 5) is 42.3. The lowest BCUT2D eigenvalue weighted by molar-refractivity contribution is -0.277. The predicted octanol–water partition coefficient (Wildman–Crippen LogP) is 6.27. The molecule has 2 amide bonds. The Hall–Kier alpha value is -4.95. The molecule has 0 bridgehead atoms. The van der Waals surface area contributed by atoms with Gasteiger partial charge in [-0.15, -0.1) is 0 Å². The molecule has 0 aromatic heterocycles. The molecule has 4 aromatic carbocycles. The van der Waals surface area contributed by atoms with E-state index in [1.54, 1.807) is 20.8 Å². The fraction of sp³-hybridized carbons (Fsp3) is 0.438. The predicted molar refractivity (Wildman–Crippen MR) is 224 cm³/mol. The summed E-state index contributed by atoms with van der Waals surface area (Å²) in [7, 11) is 0. The quantitative estimate of drug-likeness (QED) is 0.110. The lowest BCUT2D eigenvalue weighted by atomic mass is 9.95. The van der Waals surface area contributed by atoms with Crippen LogP contribution >= 0.6 is 0 Å². The molecule has 12 nitrogen and oxygen atoms in total. The van der Waals surface area contributed by atoms with Gasteiger partial charge in [-0.1, -0.05) is 121 Å². The van der Waals surface area contributed by atoms with E-state index >= 15 is 0 Å². The lowest BCUT2D eigenvalue weighted by Crippen LogP contribution is -2.65. The van der Waals surface area contributed by atoms with Crippen LogP contribution < -0.4 is 5.32 Å². The fourth-order valence-electron chi connectivity index (χ4n) is 7.44. The van der Waals surface area contributed by atoms with Crippen molar-refractivity contribution in [3.8, 4) is 0 Å². The summed E-state index contributed by atoms with van der Waals surface area (Å²) in [5.74, 6) is -1.96. The second-order valence-electron chi connectivity index (χ2n) is 16.6. The first-order chi connectivity index (χ1) is 28.9. The second-order valence-corrected chi connectivity index (χ2v) is 16.6. The third kappa shape index (κ3) is 12.8. The van der Waals surface area contributed by atoms with Crippen molar-refractivity contribution in [3.05, 3.63) is 144 Å². The van der Waals surface area contributed by atoms with Crippen molar-refractivity contribution in [2.75, 3.05) is 13.2 Å². The monoisotopic (exact) mass is 822 g/mol. The third-order valence-electron chi connectivity index (χ3n) is 10.3. The van der Waals surface area contributed by atoms with Crippen LogP contribution in [-0.4, -0.2) is 88.8 Å². The maximum absolute atomic E-state index is 14.1. The lowest BCUT2D eigenvalue weighted by Gasteiger charge is -2.46. The van der Waals surface area contributed by atoms with E-state index in [-0.39, 0.29) is 33.0 Å². The first-order valence-corrected chi connectivity index (χ1v) is 20.7. The number of hydrogen-bond acceptors (Lipinski definition) is 10. The zero-order valence-electron chi connectivity index (χ0n) is 34.9. The Bertz CT molecular complexity index is 1940. The molecule has 320 valence electrons. The molecule has 2 saturated heterocycles. The number of nitrogens with one attached hydrogen (secondary N) is 1. The zero-order valence-corrected chi connectivity index (χ0v) is 34.9. The Labute approximate surface area is 353 Å². The molecule has 0 saturated carbocycles. The highest BCUT2D eigenvalue weighted by atomic mass is 16.6. The van der Waals surface area contributed by atoms with E-state index in [9.17, 15) is 19.5 Å². The van der Waals surface area contributed by atoms with Gasteiger partial charge in [-0.2, -0.15) is 0 Å². The molecule has 0 spiro atoms. The van der Waals surface area contributed by atoms with Crippen LogP contribution in [0.1, 0.15) is 69.2 Å². The molecule has 2 fully saturated rings. The number of rotatable bonds is 18. The molecular weight excluding hydrogens is 765 g/mol. The van der Waals surface area contributed by atoms with Crippen molar-refractivity contribution in [2.45, 2.75) is 121 Å². The minimum Gasteiger partial charge on any atom is -0.458 e. The number of carbonyl (C=O) groups is 3. The van der Waals surface area contributed by atoms with Crippen LogP contribution in [0, 0.1) is 0 Å². The van der Waals surface area contributed by atoms with Crippen molar-refractivity contribution in [2.24, 2.45) is 0 Å². The maximum Gasteiger partial charge on any atom is 0.329 e. The summed E-state index contributed by atoms with van der Waals surface area (Å²) in [6.07, 6.45) is -4.03. The Balaban J connectivity index is 1.28. The van der Waals surface area contributed by atoms with Gasteiger partial charge in [-0.05, 0) is 62.8 Å². The van der Waals surface area contributed by atoms with Gasteiger partial charge >= 0.3 is 5.97 Å². The zero-order chi connectivity index (χ0) is 42.5. The molecule has 0 aliphatic carbocycles.